The van der Waals surface area contributed by atoms with Gasteiger partial charge in [0.15, 0.2) is 5.96 Å². The summed E-state index contributed by atoms with van der Waals surface area (Å²) in [6, 6.07) is 7.22. The molecule has 0 aliphatic carbocycles. The minimum Gasteiger partial charge on any atom is -0.370 e. The number of carbonyl (C=O) groups excluding carboxylic acids is 10. The molecule has 2 aromatic heterocycles. The Morgan fingerprint density at radius 3 is 2.12 bits per heavy atom. The van der Waals surface area contributed by atoms with Crippen molar-refractivity contribution in [2.24, 2.45) is 22.2 Å². The van der Waals surface area contributed by atoms with Crippen molar-refractivity contribution in [3.63, 3.8) is 0 Å². The fraction of sp³-hybridized carbons (Fsp3) is 0.404. The van der Waals surface area contributed by atoms with Crippen molar-refractivity contribution in [1.29, 1.82) is 0 Å². The van der Waals surface area contributed by atoms with Gasteiger partial charge in [0.05, 0.1) is 12.9 Å². The molecule has 1 fully saturated rings. The van der Waals surface area contributed by atoms with Crippen molar-refractivity contribution >= 4 is 75.9 Å². The molecule has 17 N–H and O–H groups in total. The highest BCUT2D eigenvalue weighted by molar-refractivity contribution is 5.98. The molecule has 73 heavy (non-hydrogen) atoms. The molecule has 3 heterocycles. The first kappa shape index (κ1) is 55.1. The quantitative estimate of drug-likeness (QED) is 0.0289. The van der Waals surface area contributed by atoms with Crippen molar-refractivity contribution in [1.82, 2.24) is 62.8 Å². The van der Waals surface area contributed by atoms with Gasteiger partial charge in [-0.25, -0.2) is 4.98 Å². The van der Waals surface area contributed by atoms with E-state index >= 15 is 0 Å². The molecule has 0 saturated carbocycles. The first-order valence-electron chi connectivity index (χ1n) is 23.5. The van der Waals surface area contributed by atoms with Crippen LogP contribution in [0.2, 0.25) is 0 Å². The van der Waals surface area contributed by atoms with Crippen LogP contribution < -0.4 is 65.1 Å². The largest absolute Gasteiger partial charge is 0.370 e. The van der Waals surface area contributed by atoms with Crippen LogP contribution in [0.1, 0.15) is 55.8 Å². The predicted molar refractivity (Wildman–Crippen MR) is 264 cm³/mol. The topological polar surface area (TPSA) is 414 Å². The van der Waals surface area contributed by atoms with Gasteiger partial charge in [-0.1, -0.05) is 48.5 Å². The summed E-state index contributed by atoms with van der Waals surface area (Å²) in [4.78, 5) is 149. The molecule has 10 amide bonds. The molecule has 26 nitrogen and oxygen atoms in total. The fourth-order valence-electron chi connectivity index (χ4n) is 7.67. The highest BCUT2D eigenvalue weighted by Crippen LogP contribution is 2.19. The summed E-state index contributed by atoms with van der Waals surface area (Å²) < 4.78 is 0. The second-order valence-electron chi connectivity index (χ2n) is 17.2. The number of imidazole rings is 1. The predicted octanol–water partition coefficient (Wildman–Crippen LogP) is -4.08. The molecule has 0 radical (unpaired) electrons. The molecule has 26 heteroatoms. The first-order chi connectivity index (χ1) is 34.9. The third-order valence-electron chi connectivity index (χ3n) is 11.5. The molecule has 3 unspecified atom stereocenters. The van der Waals surface area contributed by atoms with Crippen LogP contribution in [0, 0.1) is 0 Å². The van der Waals surface area contributed by atoms with E-state index in [0.29, 0.717) is 16.8 Å². The highest BCUT2D eigenvalue weighted by atomic mass is 16.2. The summed E-state index contributed by atoms with van der Waals surface area (Å²) in [6.07, 6.45) is 3.02. The molecule has 1 saturated heterocycles. The monoisotopic (exact) mass is 1010 g/mol. The van der Waals surface area contributed by atoms with Gasteiger partial charge in [0.1, 0.15) is 36.3 Å². The van der Waals surface area contributed by atoms with Gasteiger partial charge in [-0.3, -0.25) is 52.9 Å². The van der Waals surface area contributed by atoms with Crippen LogP contribution in [0.5, 0.6) is 0 Å². The number of nitrogens with two attached hydrogens (primary N) is 3. The van der Waals surface area contributed by atoms with E-state index in [1.807, 2.05) is 18.2 Å². The smallest absolute Gasteiger partial charge is 0.245 e. The van der Waals surface area contributed by atoms with Crippen LogP contribution in [0.15, 0.2) is 78.3 Å². The van der Waals surface area contributed by atoms with Crippen LogP contribution in [0.25, 0.3) is 10.9 Å². The third kappa shape index (κ3) is 18.1. The molecule has 6 atom stereocenters. The minimum absolute atomic E-state index is 0.0114. The average molecular weight is 1010 g/mol. The number of aromatic amines is 2. The second-order valence-corrected chi connectivity index (χ2v) is 17.2. The molecule has 5 rings (SSSR count). The van der Waals surface area contributed by atoms with Crippen molar-refractivity contribution in [2.75, 3.05) is 26.2 Å². The van der Waals surface area contributed by atoms with Gasteiger partial charge in [0.25, 0.3) is 0 Å². The summed E-state index contributed by atoms with van der Waals surface area (Å²) >= 11 is 0. The maximum absolute atomic E-state index is 14.6. The Bertz CT molecular complexity index is 2620. The summed E-state index contributed by atoms with van der Waals surface area (Å²) in [6.45, 7) is -0.0715. The van der Waals surface area contributed by atoms with Gasteiger partial charge in [-0.05, 0) is 36.5 Å². The van der Waals surface area contributed by atoms with Crippen LogP contribution >= 0.6 is 0 Å². The minimum atomic E-state index is -1.60. The van der Waals surface area contributed by atoms with E-state index < -0.39 is 115 Å². The SMILES string of the molecule is CC(=O)NCC(=O)NC1CCNC(=O)CCC(=O)NCC(C(=O)N[C@@H](Cc2c[nH]c3ccccc23)C(N)=O)NC(=O)[C@H](CCCN=C(N)N)NC(=O)C(Cc2ccccc2)NC(=O)[C@H](Cc2cnc[nH]2)NC1=O. The number of hydrogen-bond acceptors (Lipinski definition) is 12. The number of amides is 10. The van der Waals surface area contributed by atoms with E-state index in [-0.39, 0.29) is 64.0 Å². The van der Waals surface area contributed by atoms with E-state index in [0.717, 1.165) is 10.9 Å². The van der Waals surface area contributed by atoms with Crippen LogP contribution in [-0.2, 0) is 67.2 Å². The van der Waals surface area contributed by atoms with Gasteiger partial charge in [-0.2, -0.15) is 0 Å². The van der Waals surface area contributed by atoms with Gasteiger partial charge < -0.3 is 75.0 Å². The van der Waals surface area contributed by atoms with E-state index in [9.17, 15) is 47.9 Å². The maximum atomic E-state index is 14.6. The molecule has 0 bridgehead atoms. The Labute approximate surface area is 418 Å². The summed E-state index contributed by atoms with van der Waals surface area (Å²) in [5.74, 6) is -8.25. The molecule has 2 aromatic carbocycles. The van der Waals surface area contributed by atoms with E-state index in [2.05, 4.69) is 67.8 Å². The average Bonchev–Trinajstić information content (AvgIpc) is 4.03. The number of guanidine groups is 1. The number of aliphatic imine (C=N–C) groups is 1. The van der Waals surface area contributed by atoms with Crippen LogP contribution in [0.3, 0.4) is 0 Å². The van der Waals surface area contributed by atoms with Gasteiger partial charge in [0, 0.05) is 87.7 Å². The number of hydrogen-bond donors (Lipinski definition) is 14. The lowest BCUT2D eigenvalue weighted by Crippen LogP contribution is -2.61. The summed E-state index contributed by atoms with van der Waals surface area (Å²) in [7, 11) is 0. The molecular formula is C47H62N16O10. The second kappa shape index (κ2) is 27.5. The molecular weight excluding hydrogens is 949 g/mol. The van der Waals surface area contributed by atoms with Gasteiger partial charge in [0.2, 0.25) is 59.1 Å². The lowest BCUT2D eigenvalue weighted by Gasteiger charge is -2.28. The summed E-state index contributed by atoms with van der Waals surface area (Å²) in [5, 5.41) is 23.9. The lowest BCUT2D eigenvalue weighted by atomic mass is 10.0. The first-order valence-corrected chi connectivity index (χ1v) is 23.5. The number of carbonyl (C=O) groups is 10. The zero-order valence-electron chi connectivity index (χ0n) is 40.1. The number of rotatable bonds is 16. The Balaban J connectivity index is 1.50. The zero-order valence-corrected chi connectivity index (χ0v) is 40.1. The van der Waals surface area contributed by atoms with Crippen LogP contribution in [0.4, 0.5) is 0 Å². The Hall–Kier alpha value is -8.84. The standard InChI is InChI=1S/C47H62N16O10/c1-26(64)54-24-40(67)58-33-15-17-52-38(65)13-14-39(66)56-23-37(46(73)60-34(41(48)68)19-28-21-55-31-11-6-5-10-30(28)31)63-42(69)32(12-7-16-53-47(49)50)59-44(71)35(18-27-8-3-2-4-9-27)61-45(72)36(62-43(33)70)20-29-22-51-25-57-29/h2-6,8-11,21-22,25,32-37,55H,7,12-20,23-24H2,1H3,(H2,48,68)(H,51,57)(H,52,65)(H,54,64)(H,56,66)(H,58,67)(H,59,71)(H,60,73)(H,61,72)(H,62,70)(H,63,69)(H4,49,50,53)/t32-,33?,34-,35?,36-,37?/m0/s1. The van der Waals surface area contributed by atoms with E-state index in [4.69, 9.17) is 17.2 Å². The molecule has 0 spiro atoms. The number of para-hydroxylation sites is 1. The van der Waals surface area contributed by atoms with Crippen molar-refractivity contribution in [3.8, 4) is 0 Å². The Kier molecular flexibility index (Phi) is 20.8. The highest BCUT2D eigenvalue weighted by Gasteiger charge is 2.34. The van der Waals surface area contributed by atoms with Gasteiger partial charge in [-0.15, -0.1) is 0 Å². The molecule has 1 aliphatic heterocycles. The fourth-order valence-corrected chi connectivity index (χ4v) is 7.67. The zero-order chi connectivity index (χ0) is 52.9. The number of aromatic nitrogens is 3. The van der Waals surface area contributed by atoms with Crippen molar-refractivity contribution in [2.45, 2.75) is 94.5 Å². The van der Waals surface area contributed by atoms with Gasteiger partial charge >= 0.3 is 0 Å². The van der Waals surface area contributed by atoms with Crippen molar-refractivity contribution in [3.05, 3.63) is 90.1 Å². The number of nitrogens with one attached hydrogen (secondary N) is 11. The summed E-state index contributed by atoms with van der Waals surface area (Å²) in [5.41, 5.74) is 19.3. The molecule has 1 aliphatic rings. The number of benzene rings is 2. The number of fused-ring (bicyclic) bond motifs is 1. The van der Waals surface area contributed by atoms with E-state index in [1.165, 1.54) is 19.4 Å². The Morgan fingerprint density at radius 1 is 0.781 bits per heavy atom. The number of H-pyrrole nitrogens is 2. The lowest BCUT2D eigenvalue weighted by molar-refractivity contribution is -0.135. The number of primary amides is 1. The number of nitrogens with zero attached hydrogens (tertiary/aromatic N) is 2. The van der Waals surface area contributed by atoms with E-state index in [1.54, 1.807) is 42.6 Å². The van der Waals surface area contributed by atoms with Crippen LogP contribution in [-0.4, -0.2) is 142 Å². The normalized spacial score (nSPS) is 20.2. The van der Waals surface area contributed by atoms with Crippen molar-refractivity contribution < 1.29 is 47.9 Å². The molecule has 4 aromatic rings. The molecule has 390 valence electrons. The maximum Gasteiger partial charge on any atom is 0.245 e. The Morgan fingerprint density at radius 2 is 1.44 bits per heavy atom. The third-order valence-corrected chi connectivity index (χ3v) is 11.5.